The molecule has 1 aliphatic carbocycles. The molecule has 1 saturated heterocycles. The van der Waals surface area contributed by atoms with E-state index < -0.39 is 5.60 Å². The topological polar surface area (TPSA) is 52.6 Å². The normalized spacial score (nSPS) is 33.5. The lowest BCUT2D eigenvalue weighted by Gasteiger charge is -2.23. The molecule has 2 fully saturated rings. The highest BCUT2D eigenvalue weighted by Crippen LogP contribution is 2.26. The highest BCUT2D eigenvalue weighted by Gasteiger charge is 2.38. The Bertz CT molecular complexity index is 311. The smallest absolute Gasteiger partial charge is 0.234 e. The Morgan fingerprint density at radius 3 is 2.63 bits per heavy atom. The Kier molecular flexibility index (Phi) is 4.85. The van der Waals surface area contributed by atoms with Gasteiger partial charge in [0.05, 0.1) is 12.1 Å². The summed E-state index contributed by atoms with van der Waals surface area (Å²) >= 11 is 0. The molecule has 2 aliphatic rings. The monoisotopic (exact) mass is 268 g/mol. The van der Waals surface area contributed by atoms with Gasteiger partial charge in [-0.2, -0.15) is 0 Å². The molecular formula is C15H28N2O2. The van der Waals surface area contributed by atoms with E-state index in [0.717, 1.165) is 13.1 Å². The maximum atomic E-state index is 11.9. The standard InChI is InChI=1S/C15H28N2O2/c1-12-9-17(11-15(12,2)19)10-14(18)16-8-13-6-4-3-5-7-13/h12-13,19H,3-11H2,1-2H3,(H,16,18)/t12-,15+/m1/s1. The van der Waals surface area contributed by atoms with Crippen molar-refractivity contribution in [2.24, 2.45) is 11.8 Å². The molecular weight excluding hydrogens is 240 g/mol. The van der Waals surface area contributed by atoms with E-state index >= 15 is 0 Å². The van der Waals surface area contributed by atoms with Crippen LogP contribution in [0, 0.1) is 11.8 Å². The molecule has 19 heavy (non-hydrogen) atoms. The molecule has 110 valence electrons. The second kappa shape index (κ2) is 6.23. The van der Waals surface area contributed by atoms with Crippen LogP contribution in [-0.4, -0.2) is 47.7 Å². The minimum atomic E-state index is -0.649. The van der Waals surface area contributed by atoms with E-state index in [0.29, 0.717) is 19.0 Å². The number of rotatable bonds is 4. The molecule has 1 aliphatic heterocycles. The van der Waals surface area contributed by atoms with Gasteiger partial charge in [-0.05, 0) is 31.6 Å². The fraction of sp³-hybridized carbons (Fsp3) is 0.933. The molecule has 4 nitrogen and oxygen atoms in total. The average Bonchev–Trinajstić information content (AvgIpc) is 2.61. The fourth-order valence-electron chi connectivity index (χ4n) is 3.29. The molecule has 2 atom stereocenters. The van der Waals surface area contributed by atoms with Gasteiger partial charge in [0.25, 0.3) is 0 Å². The Hall–Kier alpha value is -0.610. The zero-order chi connectivity index (χ0) is 13.9. The van der Waals surface area contributed by atoms with E-state index in [1.807, 2.05) is 13.8 Å². The summed E-state index contributed by atoms with van der Waals surface area (Å²) in [6, 6.07) is 0. The SMILES string of the molecule is C[C@@H]1CN(CC(=O)NCC2CCCCC2)C[C@]1(C)O. The van der Waals surface area contributed by atoms with Crippen LogP contribution in [0.15, 0.2) is 0 Å². The first kappa shape index (κ1) is 14.8. The number of amides is 1. The molecule has 0 unspecified atom stereocenters. The summed E-state index contributed by atoms with van der Waals surface area (Å²) in [7, 11) is 0. The van der Waals surface area contributed by atoms with Crippen molar-refractivity contribution in [2.45, 2.75) is 51.6 Å². The first-order chi connectivity index (χ1) is 8.97. The van der Waals surface area contributed by atoms with Gasteiger partial charge in [0.15, 0.2) is 0 Å². The molecule has 0 aromatic rings. The van der Waals surface area contributed by atoms with Crippen molar-refractivity contribution < 1.29 is 9.90 Å². The highest BCUT2D eigenvalue weighted by atomic mass is 16.3. The summed E-state index contributed by atoms with van der Waals surface area (Å²) in [6.45, 7) is 6.57. The maximum Gasteiger partial charge on any atom is 0.234 e. The number of hydrogen-bond acceptors (Lipinski definition) is 3. The van der Waals surface area contributed by atoms with E-state index in [4.69, 9.17) is 0 Å². The molecule has 0 spiro atoms. The van der Waals surface area contributed by atoms with Gasteiger partial charge < -0.3 is 10.4 Å². The van der Waals surface area contributed by atoms with Crippen LogP contribution < -0.4 is 5.32 Å². The van der Waals surface area contributed by atoms with Crippen LogP contribution in [-0.2, 0) is 4.79 Å². The van der Waals surface area contributed by atoms with Gasteiger partial charge in [-0.25, -0.2) is 0 Å². The van der Waals surface area contributed by atoms with Gasteiger partial charge in [-0.3, -0.25) is 9.69 Å². The first-order valence-electron chi connectivity index (χ1n) is 7.69. The molecule has 4 heteroatoms. The van der Waals surface area contributed by atoms with Crippen molar-refractivity contribution in [1.82, 2.24) is 10.2 Å². The average molecular weight is 268 g/mol. The van der Waals surface area contributed by atoms with Gasteiger partial charge in [0, 0.05) is 19.6 Å². The second-order valence-corrected chi connectivity index (χ2v) is 6.74. The molecule has 2 N–H and O–H groups in total. The number of hydrogen-bond donors (Lipinski definition) is 2. The Morgan fingerprint density at radius 1 is 1.37 bits per heavy atom. The third-order valence-corrected chi connectivity index (χ3v) is 4.82. The Labute approximate surface area is 116 Å². The largest absolute Gasteiger partial charge is 0.389 e. The first-order valence-corrected chi connectivity index (χ1v) is 7.69. The number of nitrogens with one attached hydrogen (secondary N) is 1. The van der Waals surface area contributed by atoms with Crippen molar-refractivity contribution in [2.75, 3.05) is 26.2 Å². The third kappa shape index (κ3) is 4.18. The lowest BCUT2D eigenvalue weighted by atomic mass is 9.89. The van der Waals surface area contributed by atoms with Crippen molar-refractivity contribution in [1.29, 1.82) is 0 Å². The van der Waals surface area contributed by atoms with Crippen LogP contribution in [0.5, 0.6) is 0 Å². The zero-order valence-corrected chi connectivity index (χ0v) is 12.3. The molecule has 0 bridgehead atoms. The van der Waals surface area contributed by atoms with Crippen LogP contribution in [0.4, 0.5) is 0 Å². The minimum absolute atomic E-state index is 0.107. The van der Waals surface area contributed by atoms with Crippen molar-refractivity contribution >= 4 is 5.91 Å². The van der Waals surface area contributed by atoms with Crippen LogP contribution >= 0.6 is 0 Å². The zero-order valence-electron chi connectivity index (χ0n) is 12.3. The van der Waals surface area contributed by atoms with Crippen LogP contribution in [0.25, 0.3) is 0 Å². The quantitative estimate of drug-likeness (QED) is 0.810. The molecule has 0 radical (unpaired) electrons. The van der Waals surface area contributed by atoms with E-state index in [-0.39, 0.29) is 11.8 Å². The van der Waals surface area contributed by atoms with E-state index in [9.17, 15) is 9.90 Å². The number of aliphatic hydroxyl groups is 1. The predicted octanol–water partition coefficient (Wildman–Crippen LogP) is 1.39. The summed E-state index contributed by atoms with van der Waals surface area (Å²) in [5.41, 5.74) is -0.649. The summed E-state index contributed by atoms with van der Waals surface area (Å²) in [6.07, 6.45) is 6.50. The number of carbonyl (C=O) groups excluding carboxylic acids is 1. The lowest BCUT2D eigenvalue weighted by Crippen LogP contribution is -2.40. The van der Waals surface area contributed by atoms with E-state index in [1.165, 1.54) is 32.1 Å². The van der Waals surface area contributed by atoms with Crippen molar-refractivity contribution in [3.8, 4) is 0 Å². The van der Waals surface area contributed by atoms with Gasteiger partial charge >= 0.3 is 0 Å². The molecule has 0 aromatic heterocycles. The van der Waals surface area contributed by atoms with Crippen LogP contribution in [0.1, 0.15) is 46.0 Å². The number of likely N-dealkylation sites (tertiary alicyclic amines) is 1. The Morgan fingerprint density at radius 2 is 2.05 bits per heavy atom. The summed E-state index contributed by atoms with van der Waals surface area (Å²) in [4.78, 5) is 14.0. The van der Waals surface area contributed by atoms with Gasteiger partial charge in [0.1, 0.15) is 0 Å². The van der Waals surface area contributed by atoms with Crippen molar-refractivity contribution in [3.05, 3.63) is 0 Å². The molecule has 1 amide bonds. The van der Waals surface area contributed by atoms with E-state index in [2.05, 4.69) is 10.2 Å². The highest BCUT2D eigenvalue weighted by molar-refractivity contribution is 5.78. The Balaban J connectivity index is 1.67. The van der Waals surface area contributed by atoms with Gasteiger partial charge in [-0.1, -0.05) is 26.2 Å². The summed E-state index contributed by atoms with van der Waals surface area (Å²) in [5.74, 6) is 1.02. The fourth-order valence-corrected chi connectivity index (χ4v) is 3.29. The minimum Gasteiger partial charge on any atom is -0.389 e. The number of β-amino-alcohol motifs (C(OH)–C–C–N with tert-alkyl or cyclic N) is 1. The van der Waals surface area contributed by atoms with Crippen LogP contribution in [0.2, 0.25) is 0 Å². The second-order valence-electron chi connectivity index (χ2n) is 6.74. The summed E-state index contributed by atoms with van der Waals surface area (Å²) < 4.78 is 0. The third-order valence-electron chi connectivity index (χ3n) is 4.82. The summed E-state index contributed by atoms with van der Waals surface area (Å²) in [5, 5.41) is 13.2. The van der Waals surface area contributed by atoms with E-state index in [1.54, 1.807) is 0 Å². The molecule has 1 heterocycles. The number of carbonyl (C=O) groups is 1. The molecule has 1 saturated carbocycles. The molecule has 2 rings (SSSR count). The van der Waals surface area contributed by atoms with Gasteiger partial charge in [0.2, 0.25) is 5.91 Å². The molecule has 0 aromatic carbocycles. The maximum absolute atomic E-state index is 11.9. The predicted molar refractivity (Wildman–Crippen MR) is 75.8 cm³/mol. The number of nitrogens with zero attached hydrogens (tertiary/aromatic N) is 1. The van der Waals surface area contributed by atoms with Crippen LogP contribution in [0.3, 0.4) is 0 Å². The van der Waals surface area contributed by atoms with Gasteiger partial charge in [-0.15, -0.1) is 0 Å². The van der Waals surface area contributed by atoms with Crippen molar-refractivity contribution in [3.63, 3.8) is 0 Å². The lowest BCUT2D eigenvalue weighted by molar-refractivity contribution is -0.122.